The standard InChI is InChI=1S/C16H20N2O3/c1-10(7-16(19)20)6-15-17-14(18-21-15)9-13-5-4-11(2)12(3)8-13/h4-5,8,10H,6-7,9H2,1-3H3,(H,19,20). The minimum absolute atomic E-state index is 0.0163. The van der Waals surface area contributed by atoms with Gasteiger partial charge in [-0.3, -0.25) is 4.79 Å². The van der Waals surface area contributed by atoms with E-state index in [-0.39, 0.29) is 12.3 Å². The lowest BCUT2D eigenvalue weighted by Crippen LogP contribution is -2.07. The number of hydrogen-bond acceptors (Lipinski definition) is 4. The van der Waals surface area contributed by atoms with E-state index in [1.165, 1.54) is 11.1 Å². The minimum Gasteiger partial charge on any atom is -0.481 e. The Morgan fingerprint density at radius 2 is 2.10 bits per heavy atom. The number of carboxylic acid groups (broad SMARTS) is 1. The van der Waals surface area contributed by atoms with Gasteiger partial charge in [0.1, 0.15) is 0 Å². The Balaban J connectivity index is 1.99. The first-order valence-electron chi connectivity index (χ1n) is 7.03. The molecule has 0 saturated carbocycles. The van der Waals surface area contributed by atoms with Gasteiger partial charge in [-0.2, -0.15) is 4.98 Å². The predicted molar refractivity (Wildman–Crippen MR) is 78.1 cm³/mol. The molecule has 2 aromatic rings. The molecule has 0 aliphatic rings. The summed E-state index contributed by atoms with van der Waals surface area (Å²) >= 11 is 0. The van der Waals surface area contributed by atoms with E-state index in [2.05, 4.69) is 42.2 Å². The number of aromatic nitrogens is 2. The predicted octanol–water partition coefficient (Wildman–Crippen LogP) is 2.93. The lowest BCUT2D eigenvalue weighted by Gasteiger charge is -2.03. The van der Waals surface area contributed by atoms with Crippen LogP contribution in [0.25, 0.3) is 0 Å². The van der Waals surface area contributed by atoms with Crippen molar-refractivity contribution in [3.63, 3.8) is 0 Å². The monoisotopic (exact) mass is 288 g/mol. The van der Waals surface area contributed by atoms with Crippen LogP contribution in [0.4, 0.5) is 0 Å². The first-order chi connectivity index (χ1) is 9.94. The molecule has 0 saturated heterocycles. The van der Waals surface area contributed by atoms with E-state index in [1.807, 2.05) is 6.92 Å². The van der Waals surface area contributed by atoms with E-state index in [4.69, 9.17) is 9.63 Å². The van der Waals surface area contributed by atoms with Crippen LogP contribution in [0.1, 0.15) is 41.8 Å². The van der Waals surface area contributed by atoms with Crippen LogP contribution in [-0.4, -0.2) is 21.2 Å². The Hall–Kier alpha value is -2.17. The average molecular weight is 288 g/mol. The lowest BCUT2D eigenvalue weighted by atomic mass is 10.0. The van der Waals surface area contributed by atoms with Gasteiger partial charge in [0.2, 0.25) is 5.89 Å². The Bertz CT molecular complexity index is 634. The molecule has 5 heteroatoms. The number of aryl methyl sites for hydroxylation is 2. The molecular weight excluding hydrogens is 268 g/mol. The molecule has 2 rings (SSSR count). The topological polar surface area (TPSA) is 76.2 Å². The van der Waals surface area contributed by atoms with Crippen molar-refractivity contribution >= 4 is 5.97 Å². The van der Waals surface area contributed by atoms with Gasteiger partial charge in [0.15, 0.2) is 5.82 Å². The third-order valence-electron chi connectivity index (χ3n) is 3.49. The zero-order valence-electron chi connectivity index (χ0n) is 12.6. The summed E-state index contributed by atoms with van der Waals surface area (Å²) in [4.78, 5) is 15.0. The number of nitrogens with zero attached hydrogens (tertiary/aromatic N) is 2. The molecule has 0 bridgehead atoms. The average Bonchev–Trinajstić information content (AvgIpc) is 2.80. The molecule has 21 heavy (non-hydrogen) atoms. The van der Waals surface area contributed by atoms with Crippen molar-refractivity contribution in [1.29, 1.82) is 0 Å². The SMILES string of the molecule is Cc1ccc(Cc2noc(CC(C)CC(=O)O)n2)cc1C. The maximum Gasteiger partial charge on any atom is 0.303 e. The number of carboxylic acids is 1. The van der Waals surface area contributed by atoms with Crippen molar-refractivity contribution in [2.75, 3.05) is 0 Å². The maximum atomic E-state index is 10.6. The summed E-state index contributed by atoms with van der Waals surface area (Å²) in [5, 5.41) is 12.7. The molecule has 1 aromatic carbocycles. The van der Waals surface area contributed by atoms with Crippen molar-refractivity contribution in [2.24, 2.45) is 5.92 Å². The molecule has 0 aliphatic heterocycles. The highest BCUT2D eigenvalue weighted by molar-refractivity contribution is 5.66. The first-order valence-corrected chi connectivity index (χ1v) is 7.03. The summed E-state index contributed by atoms with van der Waals surface area (Å²) in [6.45, 7) is 6.02. The largest absolute Gasteiger partial charge is 0.481 e. The highest BCUT2D eigenvalue weighted by atomic mass is 16.5. The van der Waals surface area contributed by atoms with Gasteiger partial charge in [-0.1, -0.05) is 30.3 Å². The highest BCUT2D eigenvalue weighted by Gasteiger charge is 2.14. The van der Waals surface area contributed by atoms with Crippen molar-refractivity contribution in [3.05, 3.63) is 46.6 Å². The van der Waals surface area contributed by atoms with E-state index in [0.717, 1.165) is 5.56 Å². The summed E-state index contributed by atoms with van der Waals surface area (Å²) in [5.74, 6) is 0.313. The molecule has 5 nitrogen and oxygen atoms in total. The molecule has 1 heterocycles. The van der Waals surface area contributed by atoms with Gasteiger partial charge in [0, 0.05) is 19.3 Å². The highest BCUT2D eigenvalue weighted by Crippen LogP contribution is 2.14. The number of carbonyl (C=O) groups is 1. The van der Waals surface area contributed by atoms with Gasteiger partial charge in [0.25, 0.3) is 0 Å². The molecule has 112 valence electrons. The third kappa shape index (κ3) is 4.41. The van der Waals surface area contributed by atoms with Crippen LogP contribution in [0.3, 0.4) is 0 Å². The van der Waals surface area contributed by atoms with Crippen LogP contribution in [0.2, 0.25) is 0 Å². The smallest absolute Gasteiger partial charge is 0.303 e. The number of rotatable bonds is 6. The Labute approximate surface area is 124 Å². The molecule has 0 radical (unpaired) electrons. The second kappa shape index (κ2) is 6.52. The van der Waals surface area contributed by atoms with Crippen LogP contribution < -0.4 is 0 Å². The van der Waals surface area contributed by atoms with Gasteiger partial charge >= 0.3 is 5.97 Å². The minimum atomic E-state index is -0.808. The maximum absolute atomic E-state index is 10.6. The summed E-state index contributed by atoms with van der Waals surface area (Å²) in [5.41, 5.74) is 3.64. The zero-order valence-corrected chi connectivity index (χ0v) is 12.6. The number of hydrogen-bond donors (Lipinski definition) is 1. The van der Waals surface area contributed by atoms with Gasteiger partial charge < -0.3 is 9.63 Å². The van der Waals surface area contributed by atoms with E-state index in [0.29, 0.717) is 24.6 Å². The van der Waals surface area contributed by atoms with Crippen molar-refractivity contribution in [3.8, 4) is 0 Å². The summed E-state index contributed by atoms with van der Waals surface area (Å²) in [7, 11) is 0. The molecule has 0 spiro atoms. The van der Waals surface area contributed by atoms with Crippen molar-refractivity contribution in [2.45, 2.75) is 40.0 Å². The molecular formula is C16H20N2O3. The molecule has 0 aliphatic carbocycles. The fourth-order valence-corrected chi connectivity index (χ4v) is 2.21. The van der Waals surface area contributed by atoms with Gasteiger partial charge in [-0.15, -0.1) is 0 Å². The second-order valence-corrected chi connectivity index (χ2v) is 5.61. The third-order valence-corrected chi connectivity index (χ3v) is 3.49. The van der Waals surface area contributed by atoms with Crippen LogP contribution in [0, 0.1) is 19.8 Å². The first kappa shape index (κ1) is 15.2. The van der Waals surface area contributed by atoms with Gasteiger partial charge in [-0.05, 0) is 36.5 Å². The van der Waals surface area contributed by atoms with E-state index in [9.17, 15) is 4.79 Å². The van der Waals surface area contributed by atoms with E-state index >= 15 is 0 Å². The normalized spacial score (nSPS) is 12.3. The van der Waals surface area contributed by atoms with Crippen LogP contribution in [0.15, 0.2) is 22.7 Å². The number of benzene rings is 1. The molecule has 1 N–H and O–H groups in total. The molecule has 1 unspecified atom stereocenters. The van der Waals surface area contributed by atoms with Gasteiger partial charge in [0.05, 0.1) is 0 Å². The van der Waals surface area contributed by atoms with Crippen molar-refractivity contribution in [1.82, 2.24) is 10.1 Å². The summed E-state index contributed by atoms with van der Waals surface area (Å²) in [6, 6.07) is 6.27. The van der Waals surface area contributed by atoms with E-state index < -0.39 is 5.97 Å². The quantitative estimate of drug-likeness (QED) is 0.884. The summed E-state index contributed by atoms with van der Waals surface area (Å²) < 4.78 is 5.19. The Morgan fingerprint density at radius 3 is 2.76 bits per heavy atom. The van der Waals surface area contributed by atoms with Crippen LogP contribution in [-0.2, 0) is 17.6 Å². The number of aliphatic carboxylic acids is 1. The van der Waals surface area contributed by atoms with Crippen molar-refractivity contribution < 1.29 is 14.4 Å². The fraction of sp³-hybridized carbons (Fsp3) is 0.438. The molecule has 0 amide bonds. The molecule has 0 fully saturated rings. The molecule has 1 atom stereocenters. The van der Waals surface area contributed by atoms with Crippen LogP contribution >= 0.6 is 0 Å². The van der Waals surface area contributed by atoms with E-state index in [1.54, 1.807) is 0 Å². The lowest BCUT2D eigenvalue weighted by molar-refractivity contribution is -0.137. The zero-order chi connectivity index (χ0) is 15.4. The Morgan fingerprint density at radius 1 is 1.33 bits per heavy atom. The molecule has 1 aromatic heterocycles. The fourth-order valence-electron chi connectivity index (χ4n) is 2.21. The summed E-state index contributed by atoms with van der Waals surface area (Å²) in [6.07, 6.45) is 1.22. The second-order valence-electron chi connectivity index (χ2n) is 5.61. The van der Waals surface area contributed by atoms with Crippen LogP contribution in [0.5, 0.6) is 0 Å². The Kier molecular flexibility index (Phi) is 4.73. The van der Waals surface area contributed by atoms with Gasteiger partial charge in [-0.25, -0.2) is 0 Å².